The molecule has 0 aromatic carbocycles. The molecule has 1 atom stereocenters. The Morgan fingerprint density at radius 2 is 2.22 bits per heavy atom. The molecule has 1 rings (SSSR count). The second-order valence-electron chi connectivity index (χ2n) is 4.90. The van der Waals surface area contributed by atoms with E-state index in [1.165, 1.54) is 0 Å². The molecule has 1 N–H and O–H groups in total. The Morgan fingerprint density at radius 1 is 1.50 bits per heavy atom. The highest BCUT2D eigenvalue weighted by Gasteiger charge is 2.34. The average molecular weight is 258 g/mol. The largest absolute Gasteiger partial charge is 0.382 e. The van der Waals surface area contributed by atoms with Crippen molar-refractivity contribution in [1.29, 1.82) is 0 Å². The fourth-order valence-electron chi connectivity index (χ4n) is 1.90. The Morgan fingerprint density at radius 3 is 2.83 bits per heavy atom. The number of ether oxygens (including phenoxy) is 1. The van der Waals surface area contributed by atoms with Crippen molar-refractivity contribution in [3.05, 3.63) is 0 Å². The summed E-state index contributed by atoms with van der Waals surface area (Å²) in [5, 5.41) is 0. The second kappa shape index (κ2) is 7.33. The van der Waals surface area contributed by atoms with Gasteiger partial charge in [0.25, 0.3) is 0 Å². The Labute approximate surface area is 108 Å². The van der Waals surface area contributed by atoms with Crippen molar-refractivity contribution in [1.82, 2.24) is 10.4 Å². The van der Waals surface area contributed by atoms with Crippen LogP contribution in [0.15, 0.2) is 0 Å². The van der Waals surface area contributed by atoms with Gasteiger partial charge in [-0.1, -0.05) is 13.8 Å². The first-order valence-corrected chi connectivity index (χ1v) is 6.23. The summed E-state index contributed by atoms with van der Waals surface area (Å²) in [6.07, 6.45) is 0.270. The number of hydrogen-bond donors (Lipinski definition) is 1. The number of methoxy groups -OCH3 is 1. The van der Waals surface area contributed by atoms with Gasteiger partial charge in [0.2, 0.25) is 11.8 Å². The van der Waals surface area contributed by atoms with E-state index in [0.29, 0.717) is 32.2 Å². The van der Waals surface area contributed by atoms with Gasteiger partial charge in [-0.3, -0.25) is 14.4 Å². The number of amides is 2. The zero-order chi connectivity index (χ0) is 13.5. The van der Waals surface area contributed by atoms with Crippen LogP contribution in [-0.4, -0.2) is 50.1 Å². The van der Waals surface area contributed by atoms with Gasteiger partial charge < -0.3 is 9.64 Å². The minimum Gasteiger partial charge on any atom is -0.382 e. The second-order valence-corrected chi connectivity index (χ2v) is 4.90. The molecule has 0 saturated carbocycles. The van der Waals surface area contributed by atoms with E-state index >= 15 is 0 Å². The van der Waals surface area contributed by atoms with Crippen molar-refractivity contribution in [2.24, 2.45) is 11.8 Å². The van der Waals surface area contributed by atoms with Gasteiger partial charge in [0.05, 0.1) is 19.1 Å². The molecule has 0 aromatic heterocycles. The zero-order valence-electron chi connectivity index (χ0n) is 11.3. The standard InChI is InChI=1S/C12H22N2O4/c1-9(2)7-14-8-10(6-11(14)15)12(16)13-18-5-4-17-3/h9-10H,4-8H2,1-3H3,(H,13,16). The monoisotopic (exact) mass is 258 g/mol. The molecule has 1 fully saturated rings. The molecular formula is C12H22N2O4. The summed E-state index contributed by atoms with van der Waals surface area (Å²) in [6.45, 7) is 6.01. The molecular weight excluding hydrogens is 236 g/mol. The van der Waals surface area contributed by atoms with Crippen LogP contribution < -0.4 is 5.48 Å². The number of carbonyl (C=O) groups excluding carboxylic acids is 2. The van der Waals surface area contributed by atoms with E-state index in [2.05, 4.69) is 19.3 Å². The highest BCUT2D eigenvalue weighted by Crippen LogP contribution is 2.19. The van der Waals surface area contributed by atoms with Gasteiger partial charge in [-0.25, -0.2) is 5.48 Å². The smallest absolute Gasteiger partial charge is 0.248 e. The fraction of sp³-hybridized carbons (Fsp3) is 0.833. The highest BCUT2D eigenvalue weighted by molar-refractivity contribution is 5.88. The van der Waals surface area contributed by atoms with Crippen molar-refractivity contribution in [3.63, 3.8) is 0 Å². The van der Waals surface area contributed by atoms with E-state index in [9.17, 15) is 9.59 Å². The lowest BCUT2D eigenvalue weighted by Gasteiger charge is -2.18. The SMILES string of the molecule is COCCONC(=O)C1CC(=O)N(CC(C)C)C1. The maximum atomic E-state index is 11.7. The van der Waals surface area contributed by atoms with Crippen LogP contribution in [0.25, 0.3) is 0 Å². The van der Waals surface area contributed by atoms with Crippen molar-refractivity contribution in [2.75, 3.05) is 33.4 Å². The third kappa shape index (κ3) is 4.62. The summed E-state index contributed by atoms with van der Waals surface area (Å²) in [5.74, 6) is -0.0843. The maximum absolute atomic E-state index is 11.7. The maximum Gasteiger partial charge on any atom is 0.248 e. The lowest BCUT2D eigenvalue weighted by atomic mass is 10.1. The molecule has 0 spiro atoms. The van der Waals surface area contributed by atoms with Crippen molar-refractivity contribution in [2.45, 2.75) is 20.3 Å². The van der Waals surface area contributed by atoms with Crippen LogP contribution >= 0.6 is 0 Å². The first-order valence-electron chi connectivity index (χ1n) is 6.23. The first-order chi connectivity index (χ1) is 8.54. The van der Waals surface area contributed by atoms with Crippen LogP contribution in [0, 0.1) is 11.8 Å². The van der Waals surface area contributed by atoms with Crippen molar-refractivity contribution >= 4 is 11.8 Å². The van der Waals surface area contributed by atoms with Gasteiger partial charge in [-0.15, -0.1) is 0 Å². The zero-order valence-corrected chi connectivity index (χ0v) is 11.3. The van der Waals surface area contributed by atoms with E-state index in [1.807, 2.05) is 0 Å². The molecule has 0 bridgehead atoms. The van der Waals surface area contributed by atoms with Crippen LogP contribution in [0.3, 0.4) is 0 Å². The molecule has 0 aromatic rings. The van der Waals surface area contributed by atoms with E-state index in [1.54, 1.807) is 12.0 Å². The molecule has 1 unspecified atom stereocenters. The number of nitrogens with one attached hydrogen (secondary N) is 1. The summed E-state index contributed by atoms with van der Waals surface area (Å²) in [5.41, 5.74) is 2.36. The van der Waals surface area contributed by atoms with Gasteiger partial charge in [-0.05, 0) is 5.92 Å². The predicted octanol–water partition coefficient (Wildman–Crippen LogP) is 0.185. The summed E-state index contributed by atoms with van der Waals surface area (Å²) in [6, 6.07) is 0. The topological polar surface area (TPSA) is 67.9 Å². The molecule has 1 aliphatic rings. The predicted molar refractivity (Wildman–Crippen MR) is 65.5 cm³/mol. The Kier molecular flexibility index (Phi) is 6.07. The highest BCUT2D eigenvalue weighted by atomic mass is 16.7. The van der Waals surface area contributed by atoms with E-state index in [-0.39, 0.29) is 24.2 Å². The lowest BCUT2D eigenvalue weighted by molar-refractivity contribution is -0.138. The molecule has 0 radical (unpaired) electrons. The number of rotatable bonds is 7. The molecule has 0 aliphatic carbocycles. The molecule has 6 nitrogen and oxygen atoms in total. The molecule has 104 valence electrons. The Balaban J connectivity index is 2.31. The number of hydrogen-bond acceptors (Lipinski definition) is 4. The summed E-state index contributed by atoms with van der Waals surface area (Å²) >= 11 is 0. The summed E-state index contributed by atoms with van der Waals surface area (Å²) < 4.78 is 4.79. The minimum atomic E-state index is -0.307. The quantitative estimate of drug-likeness (QED) is 0.522. The Hall–Kier alpha value is -1.14. The fourth-order valence-corrected chi connectivity index (χ4v) is 1.90. The molecule has 2 amide bonds. The van der Waals surface area contributed by atoms with Crippen molar-refractivity contribution < 1.29 is 19.2 Å². The van der Waals surface area contributed by atoms with Gasteiger partial charge in [0.15, 0.2) is 0 Å². The van der Waals surface area contributed by atoms with E-state index < -0.39 is 0 Å². The number of hydroxylamine groups is 1. The van der Waals surface area contributed by atoms with Crippen molar-refractivity contribution in [3.8, 4) is 0 Å². The number of likely N-dealkylation sites (tertiary alicyclic amines) is 1. The van der Waals surface area contributed by atoms with Gasteiger partial charge in [0.1, 0.15) is 0 Å². The summed E-state index contributed by atoms with van der Waals surface area (Å²) in [4.78, 5) is 30.1. The van der Waals surface area contributed by atoms with Crippen LogP contribution in [-0.2, 0) is 19.2 Å². The minimum absolute atomic E-state index is 0.0424. The molecule has 1 saturated heterocycles. The normalized spacial score (nSPS) is 19.7. The lowest BCUT2D eigenvalue weighted by Crippen LogP contribution is -2.34. The average Bonchev–Trinajstić information content (AvgIpc) is 2.65. The van der Waals surface area contributed by atoms with Gasteiger partial charge in [0, 0.05) is 26.6 Å². The van der Waals surface area contributed by atoms with Crippen LogP contribution in [0.4, 0.5) is 0 Å². The van der Waals surface area contributed by atoms with E-state index in [0.717, 1.165) is 0 Å². The molecule has 6 heteroatoms. The third-order valence-electron chi connectivity index (χ3n) is 2.73. The van der Waals surface area contributed by atoms with Crippen LogP contribution in [0.1, 0.15) is 20.3 Å². The molecule has 1 aliphatic heterocycles. The van der Waals surface area contributed by atoms with Gasteiger partial charge >= 0.3 is 0 Å². The summed E-state index contributed by atoms with van der Waals surface area (Å²) in [7, 11) is 1.56. The third-order valence-corrected chi connectivity index (χ3v) is 2.73. The Bertz CT molecular complexity index is 294. The molecule has 1 heterocycles. The van der Waals surface area contributed by atoms with E-state index in [4.69, 9.17) is 9.57 Å². The van der Waals surface area contributed by atoms with Gasteiger partial charge in [-0.2, -0.15) is 0 Å². The number of nitrogens with zero attached hydrogens (tertiary/aromatic N) is 1. The first kappa shape index (κ1) is 14.9. The van der Waals surface area contributed by atoms with Crippen LogP contribution in [0.2, 0.25) is 0 Å². The number of carbonyl (C=O) groups is 2. The molecule has 18 heavy (non-hydrogen) atoms. The van der Waals surface area contributed by atoms with Crippen LogP contribution in [0.5, 0.6) is 0 Å².